The summed E-state index contributed by atoms with van der Waals surface area (Å²) in [4.78, 5) is 11.3. The Morgan fingerprint density at radius 3 is 2.64 bits per heavy atom. The highest BCUT2D eigenvalue weighted by atomic mass is 16.1. The van der Waals surface area contributed by atoms with Crippen LogP contribution in [0.15, 0.2) is 0 Å². The molecule has 14 heavy (non-hydrogen) atoms. The van der Waals surface area contributed by atoms with E-state index in [4.69, 9.17) is 0 Å². The first-order valence-electron chi connectivity index (χ1n) is 5.57. The summed E-state index contributed by atoms with van der Waals surface area (Å²) in [6.07, 6.45) is 1.32. The quantitative estimate of drug-likeness (QED) is 0.668. The van der Waals surface area contributed by atoms with Gasteiger partial charge in [0.1, 0.15) is 0 Å². The van der Waals surface area contributed by atoms with Crippen LogP contribution in [0, 0.1) is 17.8 Å². The van der Waals surface area contributed by atoms with Crippen LogP contribution in [0.1, 0.15) is 27.2 Å². The number of rotatable bonds is 6. The van der Waals surface area contributed by atoms with Gasteiger partial charge in [-0.25, -0.2) is 0 Å². The Balaban J connectivity index is 1.92. The van der Waals surface area contributed by atoms with Crippen molar-refractivity contribution in [3.8, 4) is 0 Å². The van der Waals surface area contributed by atoms with E-state index < -0.39 is 0 Å². The minimum absolute atomic E-state index is 0.118. The van der Waals surface area contributed by atoms with Crippen LogP contribution >= 0.6 is 0 Å². The van der Waals surface area contributed by atoms with E-state index in [9.17, 15) is 4.79 Å². The van der Waals surface area contributed by atoms with Crippen LogP contribution in [0.25, 0.3) is 0 Å². The second kappa shape index (κ2) is 5.35. The minimum Gasteiger partial charge on any atom is -0.355 e. The lowest BCUT2D eigenvalue weighted by Gasteiger charge is -2.08. The van der Waals surface area contributed by atoms with Gasteiger partial charge in [-0.05, 0) is 30.7 Å². The lowest BCUT2D eigenvalue weighted by atomic mass is 10.2. The second-order valence-corrected chi connectivity index (χ2v) is 4.80. The lowest BCUT2D eigenvalue weighted by Crippen LogP contribution is -2.36. The Labute approximate surface area is 86.6 Å². The number of carbonyl (C=O) groups excluding carboxylic acids is 1. The molecule has 3 nitrogen and oxygen atoms in total. The van der Waals surface area contributed by atoms with Crippen molar-refractivity contribution in [3.05, 3.63) is 0 Å². The zero-order chi connectivity index (χ0) is 10.6. The average Bonchev–Trinajstić information content (AvgIpc) is 2.79. The van der Waals surface area contributed by atoms with Crippen molar-refractivity contribution >= 4 is 5.91 Å². The zero-order valence-corrected chi connectivity index (χ0v) is 9.47. The molecule has 2 N–H and O–H groups in total. The van der Waals surface area contributed by atoms with Crippen LogP contribution in [0.2, 0.25) is 0 Å². The van der Waals surface area contributed by atoms with Crippen molar-refractivity contribution in [2.24, 2.45) is 17.8 Å². The first kappa shape index (κ1) is 11.5. The van der Waals surface area contributed by atoms with Crippen LogP contribution < -0.4 is 10.6 Å². The van der Waals surface area contributed by atoms with Gasteiger partial charge in [0.25, 0.3) is 0 Å². The van der Waals surface area contributed by atoms with Gasteiger partial charge in [-0.15, -0.1) is 0 Å². The molecular formula is C11H22N2O. The van der Waals surface area contributed by atoms with Crippen molar-refractivity contribution in [3.63, 3.8) is 0 Å². The first-order chi connectivity index (χ1) is 6.59. The molecule has 1 amide bonds. The van der Waals surface area contributed by atoms with Gasteiger partial charge in [0.15, 0.2) is 0 Å². The SMILES string of the molecule is CC(C)CNC(=O)CNCC1CC1C. The van der Waals surface area contributed by atoms with E-state index in [-0.39, 0.29) is 5.91 Å². The summed E-state index contributed by atoms with van der Waals surface area (Å²) < 4.78 is 0. The first-order valence-corrected chi connectivity index (χ1v) is 5.57. The van der Waals surface area contributed by atoms with Crippen molar-refractivity contribution in [2.45, 2.75) is 27.2 Å². The fourth-order valence-corrected chi connectivity index (χ4v) is 1.44. The van der Waals surface area contributed by atoms with E-state index in [1.54, 1.807) is 0 Å². The third kappa shape index (κ3) is 4.61. The van der Waals surface area contributed by atoms with Crippen LogP contribution in [0.5, 0.6) is 0 Å². The number of amides is 1. The molecule has 1 aliphatic rings. The van der Waals surface area contributed by atoms with E-state index in [0.29, 0.717) is 12.5 Å². The minimum atomic E-state index is 0.118. The third-order valence-corrected chi connectivity index (χ3v) is 2.68. The number of hydrogen-bond donors (Lipinski definition) is 2. The molecule has 0 aromatic heterocycles. The molecule has 0 radical (unpaired) electrons. The number of nitrogens with one attached hydrogen (secondary N) is 2. The van der Waals surface area contributed by atoms with Crippen LogP contribution in [-0.2, 0) is 4.79 Å². The van der Waals surface area contributed by atoms with Gasteiger partial charge in [-0.1, -0.05) is 20.8 Å². The molecule has 1 rings (SSSR count). The zero-order valence-electron chi connectivity index (χ0n) is 9.47. The molecule has 0 aromatic carbocycles. The fraction of sp³-hybridized carbons (Fsp3) is 0.909. The molecule has 1 aliphatic carbocycles. The molecule has 82 valence electrons. The van der Waals surface area contributed by atoms with Crippen molar-refractivity contribution in [1.29, 1.82) is 0 Å². The molecule has 0 aromatic rings. The van der Waals surface area contributed by atoms with E-state index in [0.717, 1.165) is 24.9 Å². The summed E-state index contributed by atoms with van der Waals surface area (Å²) in [6, 6.07) is 0. The van der Waals surface area contributed by atoms with Gasteiger partial charge in [0.05, 0.1) is 6.54 Å². The predicted molar refractivity (Wildman–Crippen MR) is 58.0 cm³/mol. The number of carbonyl (C=O) groups is 1. The maximum absolute atomic E-state index is 11.3. The van der Waals surface area contributed by atoms with Crippen LogP contribution in [0.4, 0.5) is 0 Å². The van der Waals surface area contributed by atoms with Crippen molar-refractivity contribution in [2.75, 3.05) is 19.6 Å². The van der Waals surface area contributed by atoms with E-state index in [2.05, 4.69) is 31.4 Å². The Kier molecular flexibility index (Phi) is 4.39. The molecule has 0 saturated heterocycles. The normalized spacial score (nSPS) is 25.1. The monoisotopic (exact) mass is 198 g/mol. The number of hydrogen-bond acceptors (Lipinski definition) is 2. The third-order valence-electron chi connectivity index (χ3n) is 2.68. The molecule has 3 heteroatoms. The van der Waals surface area contributed by atoms with E-state index in [1.807, 2.05) is 0 Å². The molecular weight excluding hydrogens is 176 g/mol. The molecule has 2 atom stereocenters. The molecule has 0 aliphatic heterocycles. The lowest BCUT2D eigenvalue weighted by molar-refractivity contribution is -0.120. The smallest absolute Gasteiger partial charge is 0.233 e. The largest absolute Gasteiger partial charge is 0.355 e. The summed E-state index contributed by atoms with van der Waals surface area (Å²) >= 11 is 0. The maximum atomic E-state index is 11.3. The Bertz CT molecular complexity index is 192. The molecule has 0 spiro atoms. The van der Waals surface area contributed by atoms with E-state index in [1.165, 1.54) is 6.42 Å². The molecule has 2 unspecified atom stereocenters. The van der Waals surface area contributed by atoms with Gasteiger partial charge in [0, 0.05) is 6.54 Å². The Hall–Kier alpha value is -0.570. The molecule has 1 saturated carbocycles. The molecule has 0 bridgehead atoms. The van der Waals surface area contributed by atoms with Gasteiger partial charge >= 0.3 is 0 Å². The van der Waals surface area contributed by atoms with Crippen LogP contribution in [0.3, 0.4) is 0 Å². The predicted octanol–water partition coefficient (Wildman–Crippen LogP) is 1.00. The van der Waals surface area contributed by atoms with Crippen molar-refractivity contribution < 1.29 is 4.79 Å². The summed E-state index contributed by atoms with van der Waals surface area (Å²) in [7, 11) is 0. The topological polar surface area (TPSA) is 41.1 Å². The highest BCUT2D eigenvalue weighted by Crippen LogP contribution is 2.36. The van der Waals surface area contributed by atoms with Gasteiger partial charge < -0.3 is 10.6 Å². The van der Waals surface area contributed by atoms with Gasteiger partial charge in [-0.2, -0.15) is 0 Å². The fourth-order valence-electron chi connectivity index (χ4n) is 1.44. The highest BCUT2D eigenvalue weighted by molar-refractivity contribution is 5.77. The Morgan fingerprint density at radius 1 is 1.50 bits per heavy atom. The maximum Gasteiger partial charge on any atom is 0.233 e. The van der Waals surface area contributed by atoms with E-state index >= 15 is 0 Å². The summed E-state index contributed by atoms with van der Waals surface area (Å²) in [5, 5.41) is 6.08. The molecule has 1 fully saturated rings. The average molecular weight is 198 g/mol. The highest BCUT2D eigenvalue weighted by Gasteiger charge is 2.31. The molecule has 0 heterocycles. The standard InChI is InChI=1S/C11H22N2O/c1-8(2)5-13-11(14)7-12-6-10-4-9(10)3/h8-10,12H,4-7H2,1-3H3,(H,13,14). The summed E-state index contributed by atoms with van der Waals surface area (Å²) in [5.41, 5.74) is 0. The van der Waals surface area contributed by atoms with Gasteiger partial charge in [0.2, 0.25) is 5.91 Å². The summed E-state index contributed by atoms with van der Waals surface area (Å²) in [6.45, 7) is 8.69. The second-order valence-electron chi connectivity index (χ2n) is 4.80. The van der Waals surface area contributed by atoms with Crippen molar-refractivity contribution in [1.82, 2.24) is 10.6 Å². The van der Waals surface area contributed by atoms with Gasteiger partial charge in [-0.3, -0.25) is 4.79 Å². The summed E-state index contributed by atoms with van der Waals surface area (Å²) in [5.74, 6) is 2.32. The Morgan fingerprint density at radius 2 is 2.14 bits per heavy atom. The van der Waals surface area contributed by atoms with Crippen LogP contribution in [-0.4, -0.2) is 25.5 Å².